The first-order chi connectivity index (χ1) is 16.8. The fourth-order valence-corrected chi connectivity index (χ4v) is 5.86. The van der Waals surface area contributed by atoms with Gasteiger partial charge in [0.15, 0.2) is 0 Å². The molecule has 7 heteroatoms. The maximum absolute atomic E-state index is 13.7. The van der Waals surface area contributed by atoms with Crippen molar-refractivity contribution in [1.82, 2.24) is 0 Å². The summed E-state index contributed by atoms with van der Waals surface area (Å²) in [6.45, 7) is 7.48. The van der Waals surface area contributed by atoms with Gasteiger partial charge in [-0.3, -0.25) is 9.10 Å². The van der Waals surface area contributed by atoms with Crippen molar-refractivity contribution in [3.8, 4) is 0 Å². The molecule has 3 aromatic carbocycles. The van der Waals surface area contributed by atoms with Crippen LogP contribution < -0.4 is 14.5 Å². The molecule has 0 unspecified atom stereocenters. The highest BCUT2D eigenvalue weighted by Gasteiger charge is 2.28. The molecule has 0 saturated carbocycles. The number of carbonyl (C=O) groups excluding carboxylic acids is 1. The van der Waals surface area contributed by atoms with E-state index < -0.39 is 15.9 Å². The Morgan fingerprint density at radius 2 is 1.54 bits per heavy atom. The normalized spacial score (nSPS) is 14.0. The average Bonchev–Trinajstić information content (AvgIpc) is 2.86. The number of rotatable bonds is 7. The van der Waals surface area contributed by atoms with Gasteiger partial charge < -0.3 is 10.2 Å². The summed E-state index contributed by atoms with van der Waals surface area (Å²) >= 11 is 0. The Bertz CT molecular complexity index is 1280. The molecule has 0 spiro atoms. The van der Waals surface area contributed by atoms with Crippen LogP contribution in [-0.2, 0) is 14.8 Å². The van der Waals surface area contributed by atoms with Gasteiger partial charge in [-0.2, -0.15) is 0 Å². The molecule has 35 heavy (non-hydrogen) atoms. The number of amides is 1. The highest BCUT2D eigenvalue weighted by molar-refractivity contribution is 7.92. The maximum atomic E-state index is 13.7. The van der Waals surface area contributed by atoms with Gasteiger partial charge in [0.2, 0.25) is 5.91 Å². The van der Waals surface area contributed by atoms with Crippen molar-refractivity contribution in [2.45, 2.75) is 44.9 Å². The Morgan fingerprint density at radius 3 is 2.20 bits per heavy atom. The van der Waals surface area contributed by atoms with Crippen molar-refractivity contribution >= 4 is 33.0 Å². The summed E-state index contributed by atoms with van der Waals surface area (Å²) < 4.78 is 28.5. The van der Waals surface area contributed by atoms with Crippen molar-refractivity contribution < 1.29 is 13.2 Å². The number of nitrogens with one attached hydrogen (secondary N) is 1. The van der Waals surface area contributed by atoms with E-state index in [2.05, 4.69) is 10.2 Å². The van der Waals surface area contributed by atoms with Gasteiger partial charge in [0.25, 0.3) is 10.0 Å². The molecular weight excluding hydrogens is 458 g/mol. The van der Waals surface area contributed by atoms with E-state index in [1.165, 1.54) is 23.6 Å². The molecule has 0 aliphatic carbocycles. The van der Waals surface area contributed by atoms with Crippen LogP contribution >= 0.6 is 0 Å². The molecule has 0 bridgehead atoms. The second kappa shape index (κ2) is 10.5. The third-order valence-corrected chi connectivity index (χ3v) is 8.39. The molecule has 1 aliphatic rings. The van der Waals surface area contributed by atoms with E-state index in [0.717, 1.165) is 35.5 Å². The van der Waals surface area contributed by atoms with Crippen molar-refractivity contribution in [2.24, 2.45) is 0 Å². The number of sulfonamides is 1. The summed E-state index contributed by atoms with van der Waals surface area (Å²) in [7, 11) is -3.95. The van der Waals surface area contributed by atoms with Crippen molar-refractivity contribution in [3.63, 3.8) is 0 Å². The van der Waals surface area contributed by atoms with E-state index in [4.69, 9.17) is 0 Å². The van der Waals surface area contributed by atoms with Crippen LogP contribution in [-0.4, -0.2) is 34.0 Å². The molecule has 184 valence electrons. The second-order valence-electron chi connectivity index (χ2n) is 9.19. The van der Waals surface area contributed by atoms with Crippen LogP contribution in [0.15, 0.2) is 71.6 Å². The van der Waals surface area contributed by atoms with Crippen LogP contribution in [0.25, 0.3) is 0 Å². The van der Waals surface area contributed by atoms with E-state index in [1.54, 1.807) is 30.3 Å². The van der Waals surface area contributed by atoms with Gasteiger partial charge in [-0.05, 0) is 93.6 Å². The van der Waals surface area contributed by atoms with E-state index >= 15 is 0 Å². The van der Waals surface area contributed by atoms with Crippen LogP contribution in [0.5, 0.6) is 0 Å². The predicted molar refractivity (Wildman–Crippen MR) is 143 cm³/mol. The van der Waals surface area contributed by atoms with E-state index in [0.29, 0.717) is 11.4 Å². The Labute approximate surface area is 208 Å². The van der Waals surface area contributed by atoms with E-state index in [9.17, 15) is 13.2 Å². The van der Waals surface area contributed by atoms with Crippen molar-refractivity contribution in [1.29, 1.82) is 0 Å². The van der Waals surface area contributed by atoms with Crippen LogP contribution in [0, 0.1) is 20.8 Å². The molecule has 0 atom stereocenters. The molecule has 4 rings (SSSR count). The largest absolute Gasteiger partial charge is 0.372 e. The minimum Gasteiger partial charge on any atom is -0.372 e. The van der Waals surface area contributed by atoms with Gasteiger partial charge >= 0.3 is 0 Å². The number of hydrogen-bond acceptors (Lipinski definition) is 4. The zero-order valence-electron chi connectivity index (χ0n) is 20.6. The Hall–Kier alpha value is -3.32. The molecule has 0 aromatic heterocycles. The molecular formula is C28H33N3O3S. The van der Waals surface area contributed by atoms with E-state index in [1.807, 2.05) is 57.2 Å². The molecule has 1 N–H and O–H groups in total. The molecule has 1 saturated heterocycles. The molecule has 6 nitrogen and oxygen atoms in total. The Balaban J connectivity index is 1.57. The fourth-order valence-electron chi connectivity index (χ4n) is 4.38. The molecule has 0 radical (unpaired) electrons. The van der Waals surface area contributed by atoms with Crippen LogP contribution in [0.3, 0.4) is 0 Å². The summed E-state index contributed by atoms with van der Waals surface area (Å²) in [5.41, 5.74) is 5.03. The first-order valence-corrected chi connectivity index (χ1v) is 13.5. The molecule has 1 fully saturated rings. The Morgan fingerprint density at radius 1 is 0.886 bits per heavy atom. The molecule has 1 amide bonds. The molecule has 3 aromatic rings. The van der Waals surface area contributed by atoms with Gasteiger partial charge in [0, 0.05) is 24.5 Å². The van der Waals surface area contributed by atoms with Gasteiger partial charge in [-0.1, -0.05) is 29.8 Å². The first-order valence-electron chi connectivity index (χ1n) is 12.1. The maximum Gasteiger partial charge on any atom is 0.264 e. The standard InChI is InChI=1S/C28H33N3O3S/c1-21-10-16-26(17-11-21)35(33,34)31(27-9-7-8-22(2)23(27)3)20-28(32)29-24-12-14-25(15-13-24)30-18-5-4-6-19-30/h7-17H,4-6,18-20H2,1-3H3,(H,29,32). The minimum absolute atomic E-state index is 0.155. The van der Waals surface area contributed by atoms with Crippen LogP contribution in [0.1, 0.15) is 36.0 Å². The number of benzene rings is 3. The Kier molecular flexibility index (Phi) is 7.45. The highest BCUT2D eigenvalue weighted by atomic mass is 32.2. The van der Waals surface area contributed by atoms with E-state index in [-0.39, 0.29) is 11.4 Å². The van der Waals surface area contributed by atoms with Gasteiger partial charge in [-0.25, -0.2) is 8.42 Å². The topological polar surface area (TPSA) is 69.7 Å². The number of hydrogen-bond donors (Lipinski definition) is 1. The SMILES string of the molecule is Cc1ccc(S(=O)(=O)N(CC(=O)Nc2ccc(N3CCCCC3)cc2)c2cccc(C)c2C)cc1. The summed E-state index contributed by atoms with van der Waals surface area (Å²) in [4.78, 5) is 15.6. The third-order valence-electron chi connectivity index (χ3n) is 6.61. The van der Waals surface area contributed by atoms with Crippen LogP contribution in [0.2, 0.25) is 0 Å². The lowest BCUT2D eigenvalue weighted by atomic mass is 10.1. The third kappa shape index (κ3) is 5.68. The lowest BCUT2D eigenvalue weighted by Crippen LogP contribution is -2.38. The number of piperidine rings is 1. The van der Waals surface area contributed by atoms with Crippen molar-refractivity contribution in [2.75, 3.05) is 34.2 Å². The zero-order valence-corrected chi connectivity index (χ0v) is 21.4. The smallest absolute Gasteiger partial charge is 0.264 e. The minimum atomic E-state index is -3.95. The number of anilines is 3. The molecule has 1 heterocycles. The number of nitrogens with zero attached hydrogens (tertiary/aromatic N) is 2. The summed E-state index contributed by atoms with van der Waals surface area (Å²) in [5, 5.41) is 2.88. The lowest BCUT2D eigenvalue weighted by molar-refractivity contribution is -0.114. The molecule has 1 aliphatic heterocycles. The summed E-state index contributed by atoms with van der Waals surface area (Å²) in [6, 6.07) is 19.9. The van der Waals surface area contributed by atoms with Crippen LogP contribution in [0.4, 0.5) is 17.1 Å². The quantitative estimate of drug-likeness (QED) is 0.478. The summed E-state index contributed by atoms with van der Waals surface area (Å²) in [5.74, 6) is -0.396. The number of aryl methyl sites for hydroxylation is 2. The zero-order chi connectivity index (χ0) is 25.0. The number of carbonyl (C=O) groups is 1. The van der Waals surface area contributed by atoms with Gasteiger partial charge in [0.05, 0.1) is 10.6 Å². The van der Waals surface area contributed by atoms with Crippen molar-refractivity contribution in [3.05, 3.63) is 83.4 Å². The second-order valence-corrected chi connectivity index (χ2v) is 11.0. The van der Waals surface area contributed by atoms with Gasteiger partial charge in [-0.15, -0.1) is 0 Å². The van der Waals surface area contributed by atoms with Gasteiger partial charge in [0.1, 0.15) is 6.54 Å². The monoisotopic (exact) mass is 491 g/mol. The highest BCUT2D eigenvalue weighted by Crippen LogP contribution is 2.29. The average molecular weight is 492 g/mol. The fraction of sp³-hybridized carbons (Fsp3) is 0.321. The first kappa shape index (κ1) is 24.8. The lowest BCUT2D eigenvalue weighted by Gasteiger charge is -2.29. The predicted octanol–water partition coefficient (Wildman–Crippen LogP) is 5.44. The summed E-state index contributed by atoms with van der Waals surface area (Å²) in [6.07, 6.45) is 3.66.